The number of ether oxygens (including phenoxy) is 1. The molecule has 0 aliphatic rings. The Morgan fingerprint density at radius 3 is 2.27 bits per heavy atom. The maximum atomic E-state index is 12.4. The minimum Gasteiger partial charge on any atom is -0.491 e. The summed E-state index contributed by atoms with van der Waals surface area (Å²) in [6.45, 7) is 6.62. The Hall–Kier alpha value is -2.82. The van der Waals surface area contributed by atoms with Crippen LogP contribution in [0.5, 0.6) is 5.75 Å². The topological polar surface area (TPSA) is 67.4 Å². The number of hydrogen-bond donors (Lipinski definition) is 2. The quantitative estimate of drug-likeness (QED) is 0.696. The predicted octanol–water partition coefficient (Wildman–Crippen LogP) is 4.26. The molecule has 0 bridgehead atoms. The SMILES string of the molecule is CCCCNC(=O)c1cccc(C(=O)Nc2ccc(OC(C)C)cc2)c1. The first-order valence-electron chi connectivity index (χ1n) is 8.96. The van der Waals surface area contributed by atoms with E-state index in [0.717, 1.165) is 18.6 Å². The standard InChI is InChI=1S/C21H26N2O3/c1-4-5-13-22-20(24)16-7-6-8-17(14-16)21(25)23-18-9-11-19(12-10-18)26-15(2)3/h6-12,14-15H,4-5,13H2,1-3H3,(H,22,24)(H,23,25). The molecule has 0 unspecified atom stereocenters. The van der Waals surface area contributed by atoms with Gasteiger partial charge in [0.2, 0.25) is 0 Å². The predicted molar refractivity (Wildman–Crippen MR) is 104 cm³/mol. The molecule has 2 amide bonds. The molecule has 5 nitrogen and oxygen atoms in total. The monoisotopic (exact) mass is 354 g/mol. The normalized spacial score (nSPS) is 10.5. The number of rotatable bonds is 8. The maximum Gasteiger partial charge on any atom is 0.255 e. The zero-order chi connectivity index (χ0) is 18.9. The van der Waals surface area contributed by atoms with Crippen LogP contribution in [0.4, 0.5) is 5.69 Å². The van der Waals surface area contributed by atoms with Gasteiger partial charge in [-0.1, -0.05) is 19.4 Å². The zero-order valence-corrected chi connectivity index (χ0v) is 15.5. The van der Waals surface area contributed by atoms with Gasteiger partial charge in [0.15, 0.2) is 0 Å². The molecule has 0 fully saturated rings. The van der Waals surface area contributed by atoms with E-state index in [1.165, 1.54) is 0 Å². The fourth-order valence-corrected chi connectivity index (χ4v) is 2.37. The van der Waals surface area contributed by atoms with E-state index >= 15 is 0 Å². The Bertz CT molecular complexity index is 739. The van der Waals surface area contributed by atoms with Crippen molar-refractivity contribution in [3.8, 4) is 5.75 Å². The molecule has 26 heavy (non-hydrogen) atoms. The molecular weight excluding hydrogens is 328 g/mol. The van der Waals surface area contributed by atoms with Crippen LogP contribution in [0.2, 0.25) is 0 Å². The summed E-state index contributed by atoms with van der Waals surface area (Å²) < 4.78 is 5.58. The fourth-order valence-electron chi connectivity index (χ4n) is 2.37. The largest absolute Gasteiger partial charge is 0.491 e. The average molecular weight is 354 g/mol. The Labute approximate surface area is 154 Å². The molecule has 0 aliphatic heterocycles. The van der Waals surface area contributed by atoms with Gasteiger partial charge >= 0.3 is 0 Å². The number of anilines is 1. The van der Waals surface area contributed by atoms with Crippen molar-refractivity contribution in [2.75, 3.05) is 11.9 Å². The first-order valence-corrected chi connectivity index (χ1v) is 8.96. The highest BCUT2D eigenvalue weighted by Gasteiger charge is 2.11. The van der Waals surface area contributed by atoms with Crippen LogP contribution in [0.3, 0.4) is 0 Å². The second kappa shape index (κ2) is 9.61. The minimum atomic E-state index is -0.259. The molecule has 2 aromatic rings. The van der Waals surface area contributed by atoms with E-state index in [1.54, 1.807) is 36.4 Å². The first-order chi connectivity index (χ1) is 12.5. The lowest BCUT2D eigenvalue weighted by Gasteiger charge is -2.11. The van der Waals surface area contributed by atoms with Gasteiger partial charge in [-0.05, 0) is 62.7 Å². The molecule has 2 aromatic carbocycles. The molecule has 0 saturated heterocycles. The van der Waals surface area contributed by atoms with Crippen LogP contribution >= 0.6 is 0 Å². The van der Waals surface area contributed by atoms with Crippen LogP contribution < -0.4 is 15.4 Å². The lowest BCUT2D eigenvalue weighted by molar-refractivity contribution is 0.0953. The highest BCUT2D eigenvalue weighted by Crippen LogP contribution is 2.18. The molecule has 0 spiro atoms. The summed E-state index contributed by atoms with van der Waals surface area (Å²) in [5.74, 6) is 0.331. The molecule has 0 aliphatic carbocycles. The smallest absolute Gasteiger partial charge is 0.255 e. The van der Waals surface area contributed by atoms with Crippen LogP contribution in [-0.2, 0) is 0 Å². The van der Waals surface area contributed by atoms with Crippen molar-refractivity contribution in [1.82, 2.24) is 5.32 Å². The third-order valence-corrected chi connectivity index (χ3v) is 3.69. The highest BCUT2D eigenvalue weighted by atomic mass is 16.5. The van der Waals surface area contributed by atoms with Crippen LogP contribution in [0.25, 0.3) is 0 Å². The Morgan fingerprint density at radius 1 is 1.00 bits per heavy atom. The maximum absolute atomic E-state index is 12.4. The van der Waals surface area contributed by atoms with Crippen molar-refractivity contribution in [2.45, 2.75) is 39.7 Å². The summed E-state index contributed by atoms with van der Waals surface area (Å²) in [6.07, 6.45) is 2.05. The zero-order valence-electron chi connectivity index (χ0n) is 15.5. The van der Waals surface area contributed by atoms with Crippen LogP contribution in [-0.4, -0.2) is 24.5 Å². The van der Waals surface area contributed by atoms with E-state index in [9.17, 15) is 9.59 Å². The number of carbonyl (C=O) groups excluding carboxylic acids is 2. The Kier molecular flexibility index (Phi) is 7.21. The number of hydrogen-bond acceptors (Lipinski definition) is 3. The van der Waals surface area contributed by atoms with E-state index in [2.05, 4.69) is 17.6 Å². The van der Waals surface area contributed by atoms with Gasteiger partial charge in [0.1, 0.15) is 5.75 Å². The summed E-state index contributed by atoms with van der Waals surface area (Å²) >= 11 is 0. The lowest BCUT2D eigenvalue weighted by atomic mass is 10.1. The van der Waals surface area contributed by atoms with Gasteiger partial charge < -0.3 is 15.4 Å². The minimum absolute atomic E-state index is 0.0988. The molecule has 138 valence electrons. The number of unbranched alkanes of at least 4 members (excludes halogenated alkanes) is 1. The van der Waals surface area contributed by atoms with Crippen molar-refractivity contribution >= 4 is 17.5 Å². The van der Waals surface area contributed by atoms with Crippen molar-refractivity contribution in [1.29, 1.82) is 0 Å². The van der Waals surface area contributed by atoms with Gasteiger partial charge in [0.25, 0.3) is 11.8 Å². The van der Waals surface area contributed by atoms with Gasteiger partial charge in [-0.25, -0.2) is 0 Å². The van der Waals surface area contributed by atoms with Crippen LogP contribution in [0, 0.1) is 0 Å². The fraction of sp³-hybridized carbons (Fsp3) is 0.333. The summed E-state index contributed by atoms with van der Waals surface area (Å²) in [4.78, 5) is 24.6. The molecule has 0 heterocycles. The summed E-state index contributed by atoms with van der Waals surface area (Å²) in [5.41, 5.74) is 1.59. The molecule has 2 rings (SSSR count). The van der Waals surface area contributed by atoms with Crippen LogP contribution in [0.15, 0.2) is 48.5 Å². The number of benzene rings is 2. The van der Waals surface area contributed by atoms with Gasteiger partial charge in [-0.2, -0.15) is 0 Å². The highest BCUT2D eigenvalue weighted by molar-refractivity contribution is 6.06. The van der Waals surface area contributed by atoms with Crippen molar-refractivity contribution in [3.05, 3.63) is 59.7 Å². The number of nitrogens with one attached hydrogen (secondary N) is 2. The third kappa shape index (κ3) is 5.92. The third-order valence-electron chi connectivity index (χ3n) is 3.69. The molecule has 0 radical (unpaired) electrons. The molecule has 0 aromatic heterocycles. The molecule has 5 heteroatoms. The van der Waals surface area contributed by atoms with E-state index in [4.69, 9.17) is 4.74 Å². The molecule has 2 N–H and O–H groups in total. The van der Waals surface area contributed by atoms with E-state index in [-0.39, 0.29) is 17.9 Å². The van der Waals surface area contributed by atoms with Crippen molar-refractivity contribution in [2.24, 2.45) is 0 Å². The summed E-state index contributed by atoms with van der Waals surface area (Å²) in [7, 11) is 0. The Morgan fingerprint density at radius 2 is 1.65 bits per heavy atom. The summed E-state index contributed by atoms with van der Waals surface area (Å²) in [6, 6.07) is 13.9. The van der Waals surface area contributed by atoms with E-state index in [0.29, 0.717) is 23.4 Å². The number of amides is 2. The van der Waals surface area contributed by atoms with Gasteiger partial charge in [-0.15, -0.1) is 0 Å². The van der Waals surface area contributed by atoms with E-state index < -0.39 is 0 Å². The van der Waals surface area contributed by atoms with Crippen LogP contribution in [0.1, 0.15) is 54.3 Å². The lowest BCUT2D eigenvalue weighted by Crippen LogP contribution is -2.24. The average Bonchev–Trinajstić information content (AvgIpc) is 2.63. The molecule has 0 atom stereocenters. The van der Waals surface area contributed by atoms with Crippen molar-refractivity contribution < 1.29 is 14.3 Å². The molecule has 0 saturated carbocycles. The van der Waals surface area contributed by atoms with Gasteiger partial charge in [-0.3, -0.25) is 9.59 Å². The number of carbonyl (C=O) groups is 2. The first kappa shape index (κ1) is 19.5. The molecular formula is C21H26N2O3. The van der Waals surface area contributed by atoms with Gasteiger partial charge in [0.05, 0.1) is 6.10 Å². The second-order valence-corrected chi connectivity index (χ2v) is 6.34. The Balaban J connectivity index is 2.01. The van der Waals surface area contributed by atoms with Crippen molar-refractivity contribution in [3.63, 3.8) is 0 Å². The summed E-state index contributed by atoms with van der Waals surface area (Å²) in [5, 5.41) is 5.68. The van der Waals surface area contributed by atoms with E-state index in [1.807, 2.05) is 26.0 Å². The second-order valence-electron chi connectivity index (χ2n) is 6.34. The van der Waals surface area contributed by atoms with Gasteiger partial charge in [0, 0.05) is 23.4 Å².